The first kappa shape index (κ1) is 12.2. The lowest BCUT2D eigenvalue weighted by atomic mass is 10.0. The molecule has 0 spiro atoms. The third-order valence-corrected chi connectivity index (χ3v) is 4.46. The molecular weight excluding hydrogens is 218 g/mol. The topological polar surface area (TPSA) is 62.5 Å². The van der Waals surface area contributed by atoms with Crippen LogP contribution in [-0.4, -0.2) is 17.1 Å². The van der Waals surface area contributed by atoms with Crippen LogP contribution in [0.25, 0.3) is 0 Å². The van der Waals surface area contributed by atoms with Crippen molar-refractivity contribution in [3.8, 4) is 0 Å². The maximum absolute atomic E-state index is 10.9. The van der Waals surface area contributed by atoms with Gasteiger partial charge in [-0.05, 0) is 16.9 Å². The second kappa shape index (κ2) is 3.60. The highest BCUT2D eigenvalue weighted by atomic mass is 16.4. The minimum atomic E-state index is -0.940. The summed E-state index contributed by atoms with van der Waals surface area (Å²) in [4.78, 5) is 10.9. The monoisotopic (exact) mass is 237 g/mol. The minimum absolute atomic E-state index is 0.239. The summed E-state index contributed by atoms with van der Waals surface area (Å²) in [5.41, 5.74) is 0.722. The molecule has 0 saturated heterocycles. The van der Waals surface area contributed by atoms with Crippen molar-refractivity contribution in [3.05, 3.63) is 23.7 Å². The molecule has 1 saturated carbocycles. The van der Waals surface area contributed by atoms with Gasteiger partial charge in [0.05, 0.1) is 12.8 Å². The number of aromatic carboxylic acids is 1. The Morgan fingerprint density at radius 3 is 2.47 bits per heavy atom. The fourth-order valence-corrected chi connectivity index (χ4v) is 2.57. The van der Waals surface area contributed by atoms with Crippen LogP contribution in [0.5, 0.6) is 0 Å². The number of rotatable bonds is 4. The van der Waals surface area contributed by atoms with Gasteiger partial charge in [-0.25, -0.2) is 4.79 Å². The maximum Gasteiger partial charge on any atom is 0.339 e. The van der Waals surface area contributed by atoms with Crippen LogP contribution < -0.4 is 5.32 Å². The number of carboxylic acid groups (broad SMARTS) is 1. The minimum Gasteiger partial charge on any atom is -0.478 e. The van der Waals surface area contributed by atoms with Crippen LogP contribution >= 0.6 is 0 Å². The zero-order chi connectivity index (χ0) is 12.8. The highest BCUT2D eigenvalue weighted by Gasteiger charge is 2.64. The van der Waals surface area contributed by atoms with E-state index in [-0.39, 0.29) is 16.4 Å². The molecule has 1 aliphatic rings. The summed E-state index contributed by atoms with van der Waals surface area (Å²) in [5.74, 6) is -0.444. The van der Waals surface area contributed by atoms with Gasteiger partial charge in [0.25, 0.3) is 0 Å². The van der Waals surface area contributed by atoms with E-state index in [1.54, 1.807) is 0 Å². The number of carbonyl (C=O) groups is 1. The predicted octanol–water partition coefficient (Wildman–Crippen LogP) is 2.50. The first-order valence-electron chi connectivity index (χ1n) is 5.81. The van der Waals surface area contributed by atoms with E-state index in [0.29, 0.717) is 18.3 Å². The zero-order valence-electron chi connectivity index (χ0n) is 10.7. The molecule has 94 valence electrons. The molecular formula is C13H19NO3. The predicted molar refractivity (Wildman–Crippen MR) is 63.9 cm³/mol. The number of nitrogens with one attached hydrogen (secondary N) is 1. The largest absolute Gasteiger partial charge is 0.478 e. The number of hydrogen-bond acceptors (Lipinski definition) is 3. The van der Waals surface area contributed by atoms with Crippen LogP contribution in [0.1, 0.15) is 43.8 Å². The molecule has 4 nitrogen and oxygen atoms in total. The summed E-state index contributed by atoms with van der Waals surface area (Å²) in [6.07, 6.45) is 1.42. The van der Waals surface area contributed by atoms with Crippen molar-refractivity contribution in [2.75, 3.05) is 0 Å². The van der Waals surface area contributed by atoms with E-state index < -0.39 is 5.97 Å². The van der Waals surface area contributed by atoms with Gasteiger partial charge in [-0.2, -0.15) is 0 Å². The van der Waals surface area contributed by atoms with Gasteiger partial charge in [0.15, 0.2) is 0 Å². The molecule has 0 unspecified atom stereocenters. The van der Waals surface area contributed by atoms with Crippen molar-refractivity contribution in [3.63, 3.8) is 0 Å². The molecule has 1 aromatic rings. The van der Waals surface area contributed by atoms with E-state index in [4.69, 9.17) is 9.52 Å². The fourth-order valence-electron chi connectivity index (χ4n) is 2.57. The summed E-state index contributed by atoms with van der Waals surface area (Å²) in [6.45, 7) is 9.32. The maximum atomic E-state index is 10.9. The molecule has 17 heavy (non-hydrogen) atoms. The van der Waals surface area contributed by atoms with Gasteiger partial charge < -0.3 is 14.8 Å². The fraction of sp³-hybridized carbons (Fsp3) is 0.615. The standard InChI is InChI=1S/C13H19NO3/c1-12(2)11(13(12,3)4)14-7-9-8(10(15)16)5-6-17-9/h5-6,11,14H,7H2,1-4H3,(H,15,16). The SMILES string of the molecule is CC1(C)C(NCc2occc2C(=O)O)C1(C)C. The lowest BCUT2D eigenvalue weighted by molar-refractivity contribution is 0.0694. The number of carboxylic acids is 1. The van der Waals surface area contributed by atoms with Crippen LogP contribution in [0.4, 0.5) is 0 Å². The Bertz CT molecular complexity index is 431. The molecule has 0 radical (unpaired) electrons. The average Bonchev–Trinajstić information content (AvgIpc) is 2.56. The Labute approximate surface area is 101 Å². The van der Waals surface area contributed by atoms with E-state index in [0.717, 1.165) is 0 Å². The van der Waals surface area contributed by atoms with Crippen molar-refractivity contribution in [2.45, 2.75) is 40.3 Å². The van der Waals surface area contributed by atoms with Gasteiger partial charge >= 0.3 is 5.97 Å². The molecule has 1 aromatic heterocycles. The molecule has 0 aliphatic heterocycles. The zero-order valence-corrected chi connectivity index (χ0v) is 10.7. The second-order valence-electron chi connectivity index (χ2n) is 5.82. The van der Waals surface area contributed by atoms with Gasteiger partial charge in [0, 0.05) is 6.04 Å². The van der Waals surface area contributed by atoms with Gasteiger partial charge in [-0.15, -0.1) is 0 Å². The van der Waals surface area contributed by atoms with E-state index in [1.807, 2.05) is 0 Å². The summed E-state index contributed by atoms with van der Waals surface area (Å²) in [5, 5.41) is 12.3. The Hall–Kier alpha value is -1.29. The Kier molecular flexibility index (Phi) is 2.58. The van der Waals surface area contributed by atoms with Gasteiger partial charge in [0.1, 0.15) is 11.3 Å². The van der Waals surface area contributed by atoms with E-state index in [9.17, 15) is 4.79 Å². The van der Waals surface area contributed by atoms with E-state index in [1.165, 1.54) is 12.3 Å². The lowest BCUT2D eigenvalue weighted by Gasteiger charge is -2.05. The van der Waals surface area contributed by atoms with Crippen LogP contribution in [0.2, 0.25) is 0 Å². The van der Waals surface area contributed by atoms with Gasteiger partial charge in [-0.3, -0.25) is 0 Å². The van der Waals surface area contributed by atoms with Crippen LogP contribution in [0.3, 0.4) is 0 Å². The molecule has 0 aromatic carbocycles. The number of hydrogen-bond donors (Lipinski definition) is 2. The first-order chi connectivity index (χ1) is 7.78. The number of furan rings is 1. The molecule has 0 bridgehead atoms. The van der Waals surface area contributed by atoms with Crippen molar-refractivity contribution in [2.24, 2.45) is 10.8 Å². The summed E-state index contributed by atoms with van der Waals surface area (Å²) in [7, 11) is 0. The molecule has 0 atom stereocenters. The second-order valence-corrected chi connectivity index (χ2v) is 5.82. The summed E-state index contributed by atoms with van der Waals surface area (Å²) >= 11 is 0. The molecule has 0 amide bonds. The van der Waals surface area contributed by atoms with Crippen molar-refractivity contribution >= 4 is 5.97 Å². The quantitative estimate of drug-likeness (QED) is 0.844. The van der Waals surface area contributed by atoms with Gasteiger partial charge in [0.2, 0.25) is 0 Å². The smallest absolute Gasteiger partial charge is 0.339 e. The average molecular weight is 237 g/mol. The summed E-state index contributed by atoms with van der Waals surface area (Å²) in [6, 6.07) is 1.88. The third-order valence-electron chi connectivity index (χ3n) is 4.46. The highest BCUT2D eigenvalue weighted by molar-refractivity contribution is 5.88. The highest BCUT2D eigenvalue weighted by Crippen LogP contribution is 2.62. The van der Waals surface area contributed by atoms with E-state index in [2.05, 4.69) is 33.0 Å². The lowest BCUT2D eigenvalue weighted by Crippen LogP contribution is -2.22. The van der Waals surface area contributed by atoms with Crippen LogP contribution in [0.15, 0.2) is 16.7 Å². The van der Waals surface area contributed by atoms with E-state index >= 15 is 0 Å². The van der Waals surface area contributed by atoms with Crippen LogP contribution in [-0.2, 0) is 6.54 Å². The Morgan fingerprint density at radius 1 is 1.41 bits per heavy atom. The summed E-state index contributed by atoms with van der Waals surface area (Å²) < 4.78 is 5.20. The first-order valence-corrected chi connectivity index (χ1v) is 5.81. The third kappa shape index (κ3) is 1.76. The van der Waals surface area contributed by atoms with Crippen molar-refractivity contribution < 1.29 is 14.3 Å². The Morgan fingerprint density at radius 2 is 2.00 bits per heavy atom. The Balaban J connectivity index is 2.01. The van der Waals surface area contributed by atoms with Crippen LogP contribution in [0, 0.1) is 10.8 Å². The molecule has 2 N–H and O–H groups in total. The molecule has 1 aliphatic carbocycles. The molecule has 2 rings (SSSR count). The molecule has 1 heterocycles. The molecule has 1 fully saturated rings. The normalized spacial score (nSPS) is 21.4. The van der Waals surface area contributed by atoms with Crippen molar-refractivity contribution in [1.82, 2.24) is 5.32 Å². The van der Waals surface area contributed by atoms with Crippen molar-refractivity contribution in [1.29, 1.82) is 0 Å². The molecule has 4 heteroatoms. The van der Waals surface area contributed by atoms with Gasteiger partial charge in [-0.1, -0.05) is 27.7 Å².